The fourth-order valence-corrected chi connectivity index (χ4v) is 2.62. The summed E-state index contributed by atoms with van der Waals surface area (Å²) in [5, 5.41) is 0. The molecule has 2 heterocycles. The molecular formula is C17H20N4O. The van der Waals surface area contributed by atoms with Crippen molar-refractivity contribution in [2.24, 2.45) is 4.99 Å². The lowest BCUT2D eigenvalue weighted by Gasteiger charge is -2.32. The van der Waals surface area contributed by atoms with E-state index in [4.69, 9.17) is 10.5 Å². The number of anilines is 1. The lowest BCUT2D eigenvalue weighted by atomic mass is 9.93. The highest BCUT2D eigenvalue weighted by Crippen LogP contribution is 2.38. The number of nitrogen functional groups attached to an aromatic ring is 1. The summed E-state index contributed by atoms with van der Waals surface area (Å²) in [6.07, 6.45) is 3.61. The number of ether oxygens (including phenoxy) is 1. The molecule has 114 valence electrons. The Morgan fingerprint density at radius 2 is 1.86 bits per heavy atom. The number of aryl methyl sites for hydroxylation is 1. The van der Waals surface area contributed by atoms with Gasteiger partial charge in [-0.25, -0.2) is 9.98 Å². The van der Waals surface area contributed by atoms with Crippen LogP contribution in [0.1, 0.15) is 38.3 Å². The van der Waals surface area contributed by atoms with E-state index >= 15 is 0 Å². The van der Waals surface area contributed by atoms with Crippen LogP contribution in [0, 0.1) is 0 Å². The van der Waals surface area contributed by atoms with Crippen LogP contribution in [0.5, 0.6) is 5.88 Å². The molecular weight excluding hydrogens is 276 g/mol. The summed E-state index contributed by atoms with van der Waals surface area (Å²) in [4.78, 5) is 12.8. The van der Waals surface area contributed by atoms with Crippen LogP contribution in [-0.2, 0) is 6.42 Å². The lowest BCUT2D eigenvalue weighted by molar-refractivity contribution is 0.171. The molecule has 5 nitrogen and oxygen atoms in total. The second kappa shape index (κ2) is 5.40. The molecule has 0 saturated heterocycles. The highest BCUT2D eigenvalue weighted by Gasteiger charge is 2.34. The van der Waals surface area contributed by atoms with Crippen LogP contribution in [0.15, 0.2) is 35.6 Å². The normalized spacial score (nSPS) is 15.7. The van der Waals surface area contributed by atoms with Crippen molar-refractivity contribution in [1.29, 1.82) is 0 Å². The van der Waals surface area contributed by atoms with Crippen molar-refractivity contribution in [3.8, 4) is 5.88 Å². The zero-order chi connectivity index (χ0) is 15.7. The van der Waals surface area contributed by atoms with Crippen molar-refractivity contribution in [3.05, 3.63) is 41.7 Å². The fraction of sp³-hybridized carbons (Fsp3) is 0.353. The first-order valence-corrected chi connectivity index (χ1v) is 7.49. The highest BCUT2D eigenvalue weighted by molar-refractivity contribution is 6.09. The molecule has 0 unspecified atom stereocenters. The average Bonchev–Trinajstić information content (AvgIpc) is 2.47. The molecule has 0 spiro atoms. The summed E-state index contributed by atoms with van der Waals surface area (Å²) in [6, 6.07) is 8.44. The number of nitrogens with zero attached hydrogens (tertiary/aromatic N) is 3. The number of hydrogen-bond donors (Lipinski definition) is 1. The Bertz CT molecular complexity index is 720. The van der Waals surface area contributed by atoms with Crippen LogP contribution in [0.4, 0.5) is 11.5 Å². The first-order chi connectivity index (χ1) is 10.5. The summed E-state index contributed by atoms with van der Waals surface area (Å²) in [7, 11) is 0. The Morgan fingerprint density at radius 1 is 1.14 bits per heavy atom. The Morgan fingerprint density at radius 3 is 2.55 bits per heavy atom. The van der Waals surface area contributed by atoms with E-state index in [1.54, 1.807) is 0 Å². The van der Waals surface area contributed by atoms with Gasteiger partial charge in [0.05, 0.1) is 5.71 Å². The summed E-state index contributed by atoms with van der Waals surface area (Å²) < 4.78 is 5.98. The minimum atomic E-state index is -0.569. The predicted molar refractivity (Wildman–Crippen MR) is 87.8 cm³/mol. The summed E-state index contributed by atoms with van der Waals surface area (Å²) in [6.45, 7) is 6.13. The zero-order valence-corrected chi connectivity index (χ0v) is 13.1. The second-order valence-corrected chi connectivity index (χ2v) is 5.93. The minimum Gasteiger partial charge on any atom is -0.463 e. The smallest absolute Gasteiger partial charge is 0.246 e. The van der Waals surface area contributed by atoms with E-state index in [0.29, 0.717) is 17.4 Å². The van der Waals surface area contributed by atoms with Gasteiger partial charge in [-0.15, -0.1) is 0 Å². The number of aromatic nitrogens is 2. The maximum atomic E-state index is 5.98. The van der Waals surface area contributed by atoms with E-state index in [1.165, 1.54) is 11.9 Å². The van der Waals surface area contributed by atoms with Crippen LogP contribution >= 0.6 is 0 Å². The van der Waals surface area contributed by atoms with Gasteiger partial charge in [0.1, 0.15) is 11.9 Å². The third-order valence-electron chi connectivity index (χ3n) is 3.73. The third kappa shape index (κ3) is 2.54. The molecule has 2 N–H and O–H groups in total. The van der Waals surface area contributed by atoms with E-state index in [2.05, 4.69) is 46.1 Å². The van der Waals surface area contributed by atoms with E-state index in [1.807, 2.05) is 13.8 Å². The molecule has 0 amide bonds. The average molecular weight is 296 g/mol. The molecule has 1 aliphatic rings. The van der Waals surface area contributed by atoms with Crippen molar-refractivity contribution in [2.75, 3.05) is 5.73 Å². The van der Waals surface area contributed by atoms with Crippen LogP contribution in [-0.4, -0.2) is 21.3 Å². The number of benzene rings is 1. The predicted octanol–water partition coefficient (Wildman–Crippen LogP) is 3.30. The maximum absolute atomic E-state index is 5.98. The molecule has 1 aromatic heterocycles. The Hall–Kier alpha value is -2.43. The molecule has 0 fully saturated rings. The van der Waals surface area contributed by atoms with Gasteiger partial charge in [0, 0.05) is 5.56 Å². The van der Waals surface area contributed by atoms with Gasteiger partial charge in [0.15, 0.2) is 11.5 Å². The standard InChI is InChI=1S/C17H20N4O/c1-4-5-11-6-8-12(9-7-11)14-17(2,3)22-16-13(21-14)15(18)19-10-20-16/h6-10H,4-5H2,1-3H3,(H2,18,19,20). The maximum Gasteiger partial charge on any atom is 0.246 e. The van der Waals surface area contributed by atoms with Gasteiger partial charge in [-0.2, -0.15) is 4.98 Å². The number of fused-ring (bicyclic) bond motifs is 1. The first kappa shape index (κ1) is 14.5. The molecule has 0 bridgehead atoms. The van der Waals surface area contributed by atoms with E-state index in [9.17, 15) is 0 Å². The van der Waals surface area contributed by atoms with Gasteiger partial charge in [-0.05, 0) is 25.8 Å². The van der Waals surface area contributed by atoms with Gasteiger partial charge in [0.2, 0.25) is 5.88 Å². The van der Waals surface area contributed by atoms with Gasteiger partial charge >= 0.3 is 0 Å². The molecule has 2 aromatic rings. The zero-order valence-electron chi connectivity index (χ0n) is 13.1. The largest absolute Gasteiger partial charge is 0.463 e. The first-order valence-electron chi connectivity index (χ1n) is 7.49. The Balaban J connectivity index is 2.06. The molecule has 3 rings (SSSR count). The van der Waals surface area contributed by atoms with Gasteiger partial charge in [-0.1, -0.05) is 37.6 Å². The van der Waals surface area contributed by atoms with Gasteiger partial charge in [0.25, 0.3) is 0 Å². The van der Waals surface area contributed by atoms with Crippen molar-refractivity contribution in [2.45, 2.75) is 39.2 Å². The SMILES string of the molecule is CCCc1ccc(C2=Nc3c(N)ncnc3OC2(C)C)cc1. The highest BCUT2D eigenvalue weighted by atomic mass is 16.5. The second-order valence-electron chi connectivity index (χ2n) is 5.93. The molecule has 0 atom stereocenters. The van der Waals surface area contributed by atoms with E-state index in [0.717, 1.165) is 24.1 Å². The molecule has 22 heavy (non-hydrogen) atoms. The Labute approximate surface area is 130 Å². The van der Waals surface area contributed by atoms with Gasteiger partial charge in [-0.3, -0.25) is 0 Å². The summed E-state index contributed by atoms with van der Waals surface area (Å²) >= 11 is 0. The van der Waals surface area contributed by atoms with E-state index < -0.39 is 5.60 Å². The molecule has 0 radical (unpaired) electrons. The van der Waals surface area contributed by atoms with Crippen LogP contribution in [0.3, 0.4) is 0 Å². The van der Waals surface area contributed by atoms with Crippen molar-refractivity contribution < 1.29 is 4.74 Å². The van der Waals surface area contributed by atoms with Crippen molar-refractivity contribution >= 4 is 17.2 Å². The van der Waals surface area contributed by atoms with E-state index in [-0.39, 0.29) is 0 Å². The Kier molecular flexibility index (Phi) is 3.56. The minimum absolute atomic E-state index is 0.334. The number of hydrogen-bond acceptors (Lipinski definition) is 5. The van der Waals surface area contributed by atoms with Gasteiger partial charge < -0.3 is 10.5 Å². The summed E-state index contributed by atoms with van der Waals surface area (Å²) in [5.74, 6) is 0.768. The molecule has 1 aliphatic heterocycles. The van der Waals surface area contributed by atoms with Crippen LogP contribution in [0.25, 0.3) is 0 Å². The monoisotopic (exact) mass is 296 g/mol. The number of nitrogens with two attached hydrogens (primary N) is 1. The van der Waals surface area contributed by atoms with Crippen molar-refractivity contribution in [3.63, 3.8) is 0 Å². The summed E-state index contributed by atoms with van der Waals surface area (Å²) in [5.41, 5.74) is 9.02. The molecule has 0 saturated carbocycles. The quantitative estimate of drug-likeness (QED) is 0.943. The van der Waals surface area contributed by atoms with Crippen LogP contribution in [0.2, 0.25) is 0 Å². The lowest BCUT2D eigenvalue weighted by Crippen LogP contribution is -2.41. The topological polar surface area (TPSA) is 73.4 Å². The molecule has 1 aromatic carbocycles. The van der Waals surface area contributed by atoms with Crippen molar-refractivity contribution in [1.82, 2.24) is 9.97 Å². The molecule has 5 heteroatoms. The number of aliphatic imine (C=N–C) groups is 1. The number of rotatable bonds is 3. The van der Waals surface area contributed by atoms with Crippen LogP contribution < -0.4 is 10.5 Å². The molecule has 0 aliphatic carbocycles. The third-order valence-corrected chi connectivity index (χ3v) is 3.73. The fourth-order valence-electron chi connectivity index (χ4n) is 2.62.